The van der Waals surface area contributed by atoms with Gasteiger partial charge in [-0.15, -0.1) is 11.3 Å². The van der Waals surface area contributed by atoms with E-state index >= 15 is 0 Å². The lowest BCUT2D eigenvalue weighted by Gasteiger charge is -2.27. The molecule has 158 valence electrons. The Balaban J connectivity index is 1.48. The Morgan fingerprint density at radius 3 is 2.97 bits per heavy atom. The van der Waals surface area contributed by atoms with E-state index < -0.39 is 0 Å². The first-order valence-corrected chi connectivity index (χ1v) is 11.3. The maximum absolute atomic E-state index is 12.2. The average Bonchev–Trinajstić information content (AvgIpc) is 3.22. The van der Waals surface area contributed by atoms with Gasteiger partial charge in [-0.1, -0.05) is 17.7 Å². The van der Waals surface area contributed by atoms with Crippen LogP contribution in [0, 0.1) is 0 Å². The lowest BCUT2D eigenvalue weighted by molar-refractivity contribution is 0.0965. The Morgan fingerprint density at radius 1 is 1.33 bits per heavy atom. The van der Waals surface area contributed by atoms with Crippen LogP contribution in [-0.2, 0) is 0 Å². The van der Waals surface area contributed by atoms with Crippen LogP contribution in [0.1, 0.15) is 16.8 Å². The third-order valence-corrected chi connectivity index (χ3v) is 6.54. The van der Waals surface area contributed by atoms with Crippen LogP contribution in [0.5, 0.6) is 0 Å². The van der Waals surface area contributed by atoms with Crippen molar-refractivity contribution < 1.29 is 4.79 Å². The largest absolute Gasteiger partial charge is 0.355 e. The summed E-state index contributed by atoms with van der Waals surface area (Å²) in [4.78, 5) is 24.5. The topological polar surface area (TPSA) is 82.2 Å². The summed E-state index contributed by atoms with van der Waals surface area (Å²) in [5.74, 6) is 0.462. The number of amides is 1. The average molecular weight is 445 g/mol. The van der Waals surface area contributed by atoms with E-state index in [4.69, 9.17) is 11.6 Å². The predicted molar refractivity (Wildman–Crippen MR) is 124 cm³/mol. The highest BCUT2D eigenvalue weighted by Gasteiger charge is 2.16. The van der Waals surface area contributed by atoms with Gasteiger partial charge in [0.2, 0.25) is 5.95 Å². The molecule has 2 aromatic heterocycles. The van der Waals surface area contributed by atoms with E-state index in [1.807, 2.05) is 24.3 Å². The summed E-state index contributed by atoms with van der Waals surface area (Å²) in [6.45, 7) is 6.20. The predicted octanol–water partition coefficient (Wildman–Crippen LogP) is 3.08. The highest BCUT2D eigenvalue weighted by atomic mass is 35.5. The van der Waals surface area contributed by atoms with E-state index in [9.17, 15) is 4.79 Å². The van der Waals surface area contributed by atoms with Crippen molar-refractivity contribution in [3.8, 4) is 10.6 Å². The van der Waals surface area contributed by atoms with E-state index in [-0.39, 0.29) is 5.91 Å². The lowest BCUT2D eigenvalue weighted by Crippen LogP contribution is -2.44. The number of hydrogen-bond donors (Lipinski definition) is 3. The first-order valence-electron chi connectivity index (χ1n) is 10.1. The molecular weight excluding hydrogens is 420 g/mol. The Hall–Kier alpha value is -2.26. The summed E-state index contributed by atoms with van der Waals surface area (Å²) in [5.41, 5.74) is 1.33. The van der Waals surface area contributed by atoms with Crippen LogP contribution in [0.15, 0.2) is 30.5 Å². The lowest BCUT2D eigenvalue weighted by atomic mass is 10.1. The highest BCUT2D eigenvalue weighted by Crippen LogP contribution is 2.37. The fraction of sp³-hybridized carbons (Fsp3) is 0.381. The smallest absolute Gasteiger partial charge is 0.251 e. The van der Waals surface area contributed by atoms with Gasteiger partial charge in [-0.05, 0) is 31.2 Å². The number of halogens is 1. The Morgan fingerprint density at radius 2 is 2.17 bits per heavy atom. The normalized spacial score (nSPS) is 14.7. The molecule has 0 bridgehead atoms. The van der Waals surface area contributed by atoms with Crippen molar-refractivity contribution >= 4 is 44.9 Å². The molecule has 0 saturated carbocycles. The maximum atomic E-state index is 12.2. The molecule has 0 atom stereocenters. The van der Waals surface area contributed by atoms with Crippen LogP contribution in [-0.4, -0.2) is 67.1 Å². The van der Waals surface area contributed by atoms with Crippen LogP contribution >= 0.6 is 22.9 Å². The highest BCUT2D eigenvalue weighted by molar-refractivity contribution is 7.22. The van der Waals surface area contributed by atoms with Crippen molar-refractivity contribution in [3.05, 3.63) is 41.0 Å². The van der Waals surface area contributed by atoms with Gasteiger partial charge in [-0.3, -0.25) is 4.79 Å². The number of anilines is 1. The number of carbonyl (C=O) groups excluding carboxylic acids is 1. The second-order valence-corrected chi connectivity index (χ2v) is 8.66. The van der Waals surface area contributed by atoms with Crippen LogP contribution in [0.4, 0.5) is 5.95 Å². The minimum absolute atomic E-state index is 0.106. The van der Waals surface area contributed by atoms with E-state index in [1.165, 1.54) is 0 Å². The summed E-state index contributed by atoms with van der Waals surface area (Å²) in [5, 5.41) is 10.8. The zero-order chi connectivity index (χ0) is 20.9. The van der Waals surface area contributed by atoms with Gasteiger partial charge >= 0.3 is 0 Å². The van der Waals surface area contributed by atoms with Gasteiger partial charge in [0, 0.05) is 55.4 Å². The standard InChI is InChI=1S/C21H25ClN6OS/c1-23-20(29)14-4-2-5-17-15(14)12-18(30-17)19-16(22)13-26-21(27-19)25-6-3-9-28-10-7-24-8-11-28/h2,4-5,12-13,24H,3,6-11H2,1H3,(H,23,29)(H,25,26,27). The molecular formula is C21H25ClN6OS. The molecule has 1 fully saturated rings. The molecule has 1 aliphatic rings. The van der Waals surface area contributed by atoms with Gasteiger partial charge < -0.3 is 20.9 Å². The van der Waals surface area contributed by atoms with Gasteiger partial charge in [0.1, 0.15) is 5.69 Å². The molecule has 3 aromatic rings. The van der Waals surface area contributed by atoms with Crippen LogP contribution in [0.2, 0.25) is 5.02 Å². The van der Waals surface area contributed by atoms with Gasteiger partial charge in [0.25, 0.3) is 5.91 Å². The molecule has 7 nitrogen and oxygen atoms in total. The van der Waals surface area contributed by atoms with Crippen LogP contribution < -0.4 is 16.0 Å². The molecule has 3 heterocycles. The summed E-state index contributed by atoms with van der Waals surface area (Å²) in [7, 11) is 1.63. The molecule has 1 aliphatic heterocycles. The summed E-state index contributed by atoms with van der Waals surface area (Å²) in [6, 6.07) is 7.69. The molecule has 0 spiro atoms. The number of piperazine rings is 1. The van der Waals surface area contributed by atoms with Crippen molar-refractivity contribution in [2.45, 2.75) is 6.42 Å². The number of thiophene rings is 1. The molecule has 1 aromatic carbocycles. The number of rotatable bonds is 7. The van der Waals surface area contributed by atoms with Crippen molar-refractivity contribution in [1.29, 1.82) is 0 Å². The van der Waals surface area contributed by atoms with E-state index in [0.29, 0.717) is 22.2 Å². The molecule has 0 aliphatic carbocycles. The van der Waals surface area contributed by atoms with Crippen molar-refractivity contribution in [3.63, 3.8) is 0 Å². The van der Waals surface area contributed by atoms with Crippen molar-refractivity contribution in [1.82, 2.24) is 25.5 Å². The Labute approximate surface area is 184 Å². The number of nitrogens with zero attached hydrogens (tertiary/aromatic N) is 3. The number of nitrogens with one attached hydrogen (secondary N) is 3. The SMILES string of the molecule is CNC(=O)c1cccc2sc(-c3nc(NCCCN4CCNCC4)ncc3Cl)cc12. The van der Waals surface area contributed by atoms with Gasteiger partial charge in [-0.2, -0.15) is 0 Å². The molecule has 0 radical (unpaired) electrons. The second-order valence-electron chi connectivity index (χ2n) is 7.17. The number of fused-ring (bicyclic) bond motifs is 1. The van der Waals surface area contributed by atoms with Crippen molar-refractivity contribution in [2.75, 3.05) is 51.6 Å². The quantitative estimate of drug-likeness (QED) is 0.486. The fourth-order valence-electron chi connectivity index (χ4n) is 3.57. The van der Waals surface area contributed by atoms with E-state index in [1.54, 1.807) is 24.6 Å². The first kappa shape index (κ1) is 21.0. The molecule has 1 amide bonds. The first-order chi connectivity index (χ1) is 14.7. The minimum Gasteiger partial charge on any atom is -0.355 e. The van der Waals surface area contributed by atoms with Gasteiger partial charge in [0.15, 0.2) is 0 Å². The second kappa shape index (κ2) is 9.70. The van der Waals surface area contributed by atoms with Crippen molar-refractivity contribution in [2.24, 2.45) is 0 Å². The molecule has 30 heavy (non-hydrogen) atoms. The molecule has 3 N–H and O–H groups in total. The number of carbonyl (C=O) groups is 1. The maximum Gasteiger partial charge on any atom is 0.251 e. The molecule has 9 heteroatoms. The minimum atomic E-state index is -0.106. The summed E-state index contributed by atoms with van der Waals surface area (Å²) >= 11 is 7.98. The summed E-state index contributed by atoms with van der Waals surface area (Å²) in [6.07, 6.45) is 2.66. The zero-order valence-electron chi connectivity index (χ0n) is 16.9. The Kier molecular flexibility index (Phi) is 6.79. The fourth-order valence-corrected chi connectivity index (χ4v) is 4.91. The van der Waals surface area contributed by atoms with Crippen LogP contribution in [0.25, 0.3) is 20.7 Å². The van der Waals surface area contributed by atoms with Crippen LogP contribution in [0.3, 0.4) is 0 Å². The molecule has 4 rings (SSSR count). The third kappa shape index (κ3) is 4.73. The third-order valence-electron chi connectivity index (χ3n) is 5.15. The van der Waals surface area contributed by atoms with Gasteiger partial charge in [-0.25, -0.2) is 9.97 Å². The van der Waals surface area contributed by atoms with E-state index in [0.717, 1.165) is 60.7 Å². The zero-order valence-corrected chi connectivity index (χ0v) is 18.4. The number of benzene rings is 1. The number of aromatic nitrogens is 2. The number of hydrogen-bond acceptors (Lipinski definition) is 7. The van der Waals surface area contributed by atoms with E-state index in [2.05, 4.69) is 30.8 Å². The molecule has 1 saturated heterocycles. The monoisotopic (exact) mass is 444 g/mol. The summed E-state index contributed by atoms with van der Waals surface area (Å²) < 4.78 is 1.02. The Bertz CT molecular complexity index is 1030. The molecule has 0 unspecified atom stereocenters. The van der Waals surface area contributed by atoms with Gasteiger partial charge in [0.05, 0.1) is 16.1 Å².